The lowest BCUT2D eigenvalue weighted by Gasteiger charge is -2.10. The molecule has 0 aromatic rings. The summed E-state index contributed by atoms with van der Waals surface area (Å²) in [7, 11) is 0. The van der Waals surface area contributed by atoms with E-state index in [1.165, 1.54) is 154 Å². The van der Waals surface area contributed by atoms with E-state index in [1.54, 1.807) is 0 Å². The van der Waals surface area contributed by atoms with Gasteiger partial charge in [-0.05, 0) is 5.92 Å². The maximum absolute atomic E-state index is 3.93. The molecule has 0 aliphatic rings. The summed E-state index contributed by atoms with van der Waals surface area (Å²) < 4.78 is 0. The fourth-order valence-electron chi connectivity index (χ4n) is 4.67. The molecule has 1 atom stereocenters. The first-order valence-corrected chi connectivity index (χ1v) is 14.4. The molecular weight excluding hydrogens is 360 g/mol. The van der Waals surface area contributed by atoms with Crippen LogP contribution in [-0.4, -0.2) is 0 Å². The van der Waals surface area contributed by atoms with Gasteiger partial charge in [-0.3, -0.25) is 0 Å². The van der Waals surface area contributed by atoms with E-state index >= 15 is 0 Å². The monoisotopic (exact) mass is 420 g/mol. The third-order valence-electron chi connectivity index (χ3n) is 6.89. The summed E-state index contributed by atoms with van der Waals surface area (Å²) in [6.45, 7) is 10.3. The minimum Gasteiger partial charge on any atom is -0.0625 e. The lowest BCUT2D eigenvalue weighted by atomic mass is 9.96. The molecule has 0 rings (SSSR count). The van der Waals surface area contributed by atoms with Crippen LogP contribution in [0, 0.1) is 19.8 Å². The molecule has 0 aromatic carbocycles. The van der Waals surface area contributed by atoms with Crippen molar-refractivity contribution in [2.75, 3.05) is 0 Å². The van der Waals surface area contributed by atoms with Gasteiger partial charge in [0.25, 0.3) is 0 Å². The van der Waals surface area contributed by atoms with E-state index < -0.39 is 0 Å². The van der Waals surface area contributed by atoms with Crippen molar-refractivity contribution in [3.8, 4) is 0 Å². The quantitative estimate of drug-likeness (QED) is 0.122. The second-order valence-corrected chi connectivity index (χ2v) is 10.2. The Labute approximate surface area is 193 Å². The van der Waals surface area contributed by atoms with Crippen molar-refractivity contribution in [1.82, 2.24) is 0 Å². The Morgan fingerprint density at radius 2 is 0.533 bits per heavy atom. The summed E-state index contributed by atoms with van der Waals surface area (Å²) in [5, 5.41) is 0. The molecule has 0 bridgehead atoms. The second kappa shape index (κ2) is 27.0. The highest BCUT2D eigenvalue weighted by Crippen LogP contribution is 2.18. The predicted molar refractivity (Wildman–Crippen MR) is 140 cm³/mol. The van der Waals surface area contributed by atoms with E-state index in [4.69, 9.17) is 0 Å². The minimum absolute atomic E-state index is 0.948. The molecule has 30 heavy (non-hydrogen) atoms. The molecule has 0 heteroatoms. The number of hydrogen-bond donors (Lipinski definition) is 0. The summed E-state index contributed by atoms with van der Waals surface area (Å²) in [5.41, 5.74) is 0. The largest absolute Gasteiger partial charge is 0.0625 e. The van der Waals surface area contributed by atoms with Gasteiger partial charge in [0, 0.05) is 0 Å². The maximum atomic E-state index is 3.93. The van der Waals surface area contributed by atoms with Gasteiger partial charge in [-0.15, -0.1) is 0 Å². The Morgan fingerprint density at radius 3 is 0.800 bits per heavy atom. The first-order chi connectivity index (χ1) is 14.8. The summed E-state index contributed by atoms with van der Waals surface area (Å²) >= 11 is 0. The Morgan fingerprint density at radius 1 is 0.333 bits per heavy atom. The van der Waals surface area contributed by atoms with Gasteiger partial charge >= 0.3 is 0 Å². The number of hydrogen-bond acceptors (Lipinski definition) is 0. The van der Waals surface area contributed by atoms with Crippen molar-refractivity contribution in [3.05, 3.63) is 13.8 Å². The Kier molecular flexibility index (Phi) is 27.0. The molecular formula is C30H60. The van der Waals surface area contributed by atoms with Crippen LogP contribution in [0.4, 0.5) is 0 Å². The Balaban J connectivity index is 3.06. The molecule has 0 fully saturated rings. The van der Waals surface area contributed by atoms with E-state index in [1.807, 2.05) is 0 Å². The van der Waals surface area contributed by atoms with Crippen molar-refractivity contribution >= 4 is 0 Å². The van der Waals surface area contributed by atoms with Crippen LogP contribution in [0.3, 0.4) is 0 Å². The zero-order valence-corrected chi connectivity index (χ0v) is 21.4. The zero-order chi connectivity index (χ0) is 22.0. The van der Waals surface area contributed by atoms with Crippen LogP contribution in [0.2, 0.25) is 0 Å². The van der Waals surface area contributed by atoms with Gasteiger partial charge in [-0.1, -0.05) is 188 Å². The molecule has 0 saturated carbocycles. The van der Waals surface area contributed by atoms with E-state index in [2.05, 4.69) is 20.8 Å². The fraction of sp³-hybridized carbons (Fsp3) is 0.933. The molecule has 0 aliphatic heterocycles. The van der Waals surface area contributed by atoms with Gasteiger partial charge in [0.2, 0.25) is 0 Å². The second-order valence-electron chi connectivity index (χ2n) is 10.2. The first kappa shape index (κ1) is 30.0. The molecule has 0 aromatic heterocycles. The van der Waals surface area contributed by atoms with Crippen LogP contribution in [0.5, 0.6) is 0 Å². The van der Waals surface area contributed by atoms with E-state index in [9.17, 15) is 0 Å². The topological polar surface area (TPSA) is 0 Å². The molecule has 0 aliphatic carbocycles. The Bertz CT molecular complexity index is 282. The summed E-state index contributed by atoms with van der Waals surface area (Å²) in [5.74, 6) is 0.948. The third kappa shape index (κ3) is 26.0. The van der Waals surface area contributed by atoms with Crippen molar-refractivity contribution in [2.24, 2.45) is 5.92 Å². The molecule has 1 unspecified atom stereocenters. The maximum Gasteiger partial charge on any atom is -0.0443 e. The zero-order valence-electron chi connectivity index (χ0n) is 21.4. The van der Waals surface area contributed by atoms with E-state index in [0.29, 0.717) is 0 Å². The summed E-state index contributed by atoms with van der Waals surface area (Å²) in [4.78, 5) is 0. The van der Waals surface area contributed by atoms with E-state index in [-0.39, 0.29) is 0 Å². The smallest absolute Gasteiger partial charge is 0.0443 e. The van der Waals surface area contributed by atoms with Gasteiger partial charge in [-0.2, -0.15) is 0 Å². The first-order valence-electron chi connectivity index (χ1n) is 14.4. The lowest BCUT2D eigenvalue weighted by Crippen LogP contribution is -1.95. The van der Waals surface area contributed by atoms with Crippen molar-refractivity contribution in [2.45, 2.75) is 174 Å². The highest BCUT2D eigenvalue weighted by atomic mass is 14.1. The van der Waals surface area contributed by atoms with Crippen molar-refractivity contribution < 1.29 is 0 Å². The van der Waals surface area contributed by atoms with Crippen LogP contribution in [0.25, 0.3) is 0 Å². The summed E-state index contributed by atoms with van der Waals surface area (Å²) in [6.07, 6.45) is 37.1. The highest BCUT2D eigenvalue weighted by Gasteiger charge is 2.02. The standard InChI is InChI=1S/C30H60/c1-4-6-8-10-11-12-13-14-15-16-17-18-19-20-21-22-23-24-25-27-29-30(3)28-26-9-7-5-2/h30H,1-2,4-29H2,3H3. The normalized spacial score (nSPS) is 12.5. The highest BCUT2D eigenvalue weighted by molar-refractivity contribution is 4.56. The van der Waals surface area contributed by atoms with Gasteiger partial charge in [0.1, 0.15) is 0 Å². The fourth-order valence-corrected chi connectivity index (χ4v) is 4.67. The van der Waals surface area contributed by atoms with Gasteiger partial charge in [0.15, 0.2) is 0 Å². The average molecular weight is 421 g/mol. The van der Waals surface area contributed by atoms with Gasteiger partial charge < -0.3 is 0 Å². The molecule has 180 valence electrons. The molecule has 0 amide bonds. The van der Waals surface area contributed by atoms with Crippen LogP contribution in [0.1, 0.15) is 174 Å². The van der Waals surface area contributed by atoms with E-state index in [0.717, 1.165) is 18.8 Å². The minimum atomic E-state index is 0.948. The van der Waals surface area contributed by atoms with Crippen molar-refractivity contribution in [1.29, 1.82) is 0 Å². The predicted octanol–water partition coefficient (Wildman–Crippen LogP) is 11.4. The SMILES string of the molecule is [CH2]CCCCCCCCCCCCCCCCCCCCCC(C)CCCCC[CH2]. The average Bonchev–Trinajstić information content (AvgIpc) is 2.75. The molecule has 0 saturated heterocycles. The van der Waals surface area contributed by atoms with Crippen molar-refractivity contribution in [3.63, 3.8) is 0 Å². The number of rotatable bonds is 26. The molecule has 0 nitrogen and oxygen atoms in total. The Hall–Kier alpha value is 0. The van der Waals surface area contributed by atoms with Crippen LogP contribution in [0.15, 0.2) is 0 Å². The van der Waals surface area contributed by atoms with Crippen LogP contribution >= 0.6 is 0 Å². The molecule has 0 N–H and O–H groups in total. The van der Waals surface area contributed by atoms with Crippen LogP contribution in [-0.2, 0) is 0 Å². The third-order valence-corrected chi connectivity index (χ3v) is 6.89. The lowest BCUT2D eigenvalue weighted by molar-refractivity contribution is 0.434. The number of unbranched alkanes of at least 4 members (excludes halogenated alkanes) is 22. The van der Waals surface area contributed by atoms with Crippen LogP contribution < -0.4 is 0 Å². The summed E-state index contributed by atoms with van der Waals surface area (Å²) in [6, 6.07) is 0. The molecule has 2 radical (unpaired) electrons. The molecule has 0 heterocycles. The van der Waals surface area contributed by atoms with Gasteiger partial charge in [0.05, 0.1) is 0 Å². The molecule has 0 spiro atoms. The van der Waals surface area contributed by atoms with Gasteiger partial charge in [-0.25, -0.2) is 0 Å².